The number of nitrogens with zero attached hydrogens (tertiary/aromatic N) is 2. The lowest BCUT2D eigenvalue weighted by molar-refractivity contribution is 0.660. The Balaban J connectivity index is 0.00000420. The number of rotatable bonds is 5. The Morgan fingerprint density at radius 2 is 0.852 bits per heavy atom. The third-order valence-electron chi connectivity index (χ3n) is 13.8. The summed E-state index contributed by atoms with van der Waals surface area (Å²) in [7, 11) is 0. The second-order valence-electron chi connectivity index (χ2n) is 17.7. The molecule has 0 bridgehead atoms. The summed E-state index contributed by atoms with van der Waals surface area (Å²) in [6, 6.07) is 72.4. The van der Waals surface area contributed by atoms with Gasteiger partial charge in [-0.1, -0.05) is 187 Å². The lowest BCUT2D eigenvalue weighted by Crippen LogP contribution is -2.18. The first kappa shape index (κ1) is 36.9. The van der Waals surface area contributed by atoms with Gasteiger partial charge in [-0.25, -0.2) is 0 Å². The van der Waals surface area contributed by atoms with Gasteiger partial charge in [0, 0.05) is 43.8 Å². The normalized spacial score (nSPS) is 14.0. The molecule has 0 saturated carbocycles. The van der Waals surface area contributed by atoms with Gasteiger partial charge in [-0.15, -0.1) is 0 Å². The fraction of sp³-hybridized carbons (Fsp3) is 0.119. The van der Waals surface area contributed by atoms with Gasteiger partial charge in [-0.05, 0) is 92.4 Å². The van der Waals surface area contributed by atoms with Crippen molar-refractivity contribution in [2.75, 3.05) is 4.90 Å². The largest absolute Gasteiger partial charge is 0.309 e. The molecule has 2 nitrogen and oxygen atoms in total. The Morgan fingerprint density at radius 3 is 1.61 bits per heavy atom. The van der Waals surface area contributed by atoms with Gasteiger partial charge in [0.05, 0.1) is 28.1 Å². The quantitative estimate of drug-likeness (QED) is 0.169. The van der Waals surface area contributed by atoms with Crippen LogP contribution in [0.1, 0.15) is 57.4 Å². The van der Waals surface area contributed by atoms with Crippen molar-refractivity contribution in [3.63, 3.8) is 0 Å². The van der Waals surface area contributed by atoms with E-state index in [4.69, 9.17) is 0 Å². The van der Waals surface area contributed by atoms with E-state index in [2.05, 4.69) is 231 Å². The van der Waals surface area contributed by atoms with E-state index in [0.717, 1.165) is 11.4 Å². The lowest BCUT2D eigenvalue weighted by atomic mass is 9.82. The molecule has 10 aromatic rings. The molecular weight excluding hydrogens is 737 g/mol. The molecule has 0 radical (unpaired) electrons. The van der Waals surface area contributed by atoms with Gasteiger partial charge >= 0.3 is 0 Å². The minimum Gasteiger partial charge on any atom is -0.309 e. The number of anilines is 3. The summed E-state index contributed by atoms with van der Waals surface area (Å²) in [5, 5.41) is 4.97. The zero-order valence-electron chi connectivity index (χ0n) is 34.4. The van der Waals surface area contributed by atoms with Crippen molar-refractivity contribution in [1.82, 2.24) is 4.57 Å². The Morgan fingerprint density at radius 1 is 0.361 bits per heavy atom. The lowest BCUT2D eigenvalue weighted by Gasteiger charge is -2.32. The molecule has 0 spiro atoms. The average Bonchev–Trinajstić information content (AvgIpc) is 3.83. The van der Waals surface area contributed by atoms with Crippen LogP contribution in [0.3, 0.4) is 0 Å². The van der Waals surface area contributed by atoms with E-state index in [-0.39, 0.29) is 18.3 Å². The Hall–Kier alpha value is -7.16. The zero-order valence-corrected chi connectivity index (χ0v) is 34.4. The highest BCUT2D eigenvalue weighted by Gasteiger charge is 2.39. The fourth-order valence-corrected chi connectivity index (χ4v) is 11.0. The van der Waals surface area contributed by atoms with Gasteiger partial charge in [0.25, 0.3) is 0 Å². The van der Waals surface area contributed by atoms with Crippen LogP contribution >= 0.6 is 0 Å². The van der Waals surface area contributed by atoms with E-state index in [1.807, 2.05) is 0 Å². The van der Waals surface area contributed by atoms with Crippen LogP contribution < -0.4 is 4.90 Å². The molecule has 12 rings (SSSR count). The van der Waals surface area contributed by atoms with E-state index in [0.29, 0.717) is 0 Å². The average molecular weight is 785 g/mol. The molecule has 1 aromatic heterocycles. The van der Waals surface area contributed by atoms with Crippen LogP contribution in [-0.2, 0) is 10.8 Å². The summed E-state index contributed by atoms with van der Waals surface area (Å²) in [6.45, 7) is 9.51. The molecule has 9 aromatic carbocycles. The molecule has 294 valence electrons. The SMILES string of the molecule is C.CC1(C)c2ccccc2-c2ccc(N(c3ccccc3-c3cccc4c(-n5c6ccccc6c6ccccc65)cccc34)c3cccc4c3-c3ccccc3C4(C)C)cc21. The fourth-order valence-electron chi connectivity index (χ4n) is 11.0. The minimum absolute atomic E-state index is 0. The third-order valence-corrected chi connectivity index (χ3v) is 13.8. The molecule has 1 heterocycles. The monoisotopic (exact) mass is 784 g/mol. The van der Waals surface area contributed by atoms with Gasteiger partial charge in [0.1, 0.15) is 0 Å². The Labute approximate surface area is 359 Å². The predicted octanol–water partition coefficient (Wildman–Crippen LogP) is 16.3. The van der Waals surface area contributed by atoms with Crippen molar-refractivity contribution in [3.05, 3.63) is 216 Å². The molecule has 61 heavy (non-hydrogen) atoms. The second kappa shape index (κ2) is 13.4. The third kappa shape index (κ3) is 5.15. The van der Waals surface area contributed by atoms with Crippen LogP contribution in [0.15, 0.2) is 194 Å². The zero-order chi connectivity index (χ0) is 40.3. The Bertz CT molecular complexity index is 3340. The van der Waals surface area contributed by atoms with E-state index < -0.39 is 0 Å². The summed E-state index contributed by atoms with van der Waals surface area (Å²) < 4.78 is 2.45. The molecular formula is C59H48N2. The summed E-state index contributed by atoms with van der Waals surface area (Å²) >= 11 is 0. The maximum absolute atomic E-state index is 2.56. The van der Waals surface area contributed by atoms with Crippen molar-refractivity contribution in [2.24, 2.45) is 0 Å². The Kier molecular flexibility index (Phi) is 8.12. The van der Waals surface area contributed by atoms with Crippen LogP contribution in [0.4, 0.5) is 17.1 Å². The summed E-state index contributed by atoms with van der Waals surface area (Å²) in [4.78, 5) is 2.56. The number of aromatic nitrogens is 1. The number of benzene rings is 9. The van der Waals surface area contributed by atoms with Crippen LogP contribution in [0.25, 0.3) is 71.6 Å². The molecule has 0 atom stereocenters. The molecule has 2 heteroatoms. The molecule has 0 aliphatic heterocycles. The highest BCUT2D eigenvalue weighted by Crippen LogP contribution is 2.56. The van der Waals surface area contributed by atoms with E-state index in [1.165, 1.54) is 99.6 Å². The number of fused-ring (bicyclic) bond motifs is 10. The highest BCUT2D eigenvalue weighted by molar-refractivity contribution is 6.12. The number of hydrogen-bond acceptors (Lipinski definition) is 1. The molecule has 0 fully saturated rings. The van der Waals surface area contributed by atoms with E-state index in [9.17, 15) is 0 Å². The van der Waals surface area contributed by atoms with Crippen molar-refractivity contribution in [1.29, 1.82) is 0 Å². The van der Waals surface area contributed by atoms with E-state index >= 15 is 0 Å². The smallest absolute Gasteiger partial charge is 0.0543 e. The first-order valence-corrected chi connectivity index (χ1v) is 21.2. The van der Waals surface area contributed by atoms with Gasteiger partial charge < -0.3 is 9.47 Å². The van der Waals surface area contributed by atoms with Crippen LogP contribution in [0.2, 0.25) is 0 Å². The topological polar surface area (TPSA) is 8.17 Å². The maximum atomic E-state index is 2.56. The van der Waals surface area contributed by atoms with Crippen LogP contribution in [-0.4, -0.2) is 4.57 Å². The molecule has 2 aliphatic rings. The van der Waals surface area contributed by atoms with E-state index in [1.54, 1.807) is 0 Å². The molecule has 0 N–H and O–H groups in total. The predicted molar refractivity (Wildman–Crippen MR) is 260 cm³/mol. The first-order chi connectivity index (χ1) is 29.3. The molecule has 2 aliphatic carbocycles. The minimum atomic E-state index is -0.140. The number of para-hydroxylation sites is 3. The van der Waals surface area contributed by atoms with Gasteiger partial charge in [0.15, 0.2) is 0 Å². The summed E-state index contributed by atoms with van der Waals surface area (Å²) in [6.07, 6.45) is 0. The van der Waals surface area contributed by atoms with Crippen molar-refractivity contribution in [2.45, 2.75) is 46.0 Å². The standard InChI is InChI=1S/C58H44N2.CH4/c1-57(2)48-27-11-6-22-46(48)56-49(57)28-17-33-55(56)59(37-34-35-41-40-18-5-10-26-47(40)58(3,4)50(41)36-37)51-29-12-7-19-42(51)38-23-15-25-43-39(38)24-16-32-54(43)60-52-30-13-8-20-44(52)45-21-9-14-31-53(45)60;/h5-36H,1-4H3;1H4. The number of hydrogen-bond donors (Lipinski definition) is 0. The van der Waals surface area contributed by atoms with Gasteiger partial charge in [0.2, 0.25) is 0 Å². The van der Waals surface area contributed by atoms with Crippen molar-refractivity contribution in [3.8, 4) is 39.1 Å². The van der Waals surface area contributed by atoms with Gasteiger partial charge in [-0.3, -0.25) is 0 Å². The van der Waals surface area contributed by atoms with Crippen LogP contribution in [0.5, 0.6) is 0 Å². The van der Waals surface area contributed by atoms with Gasteiger partial charge in [-0.2, -0.15) is 0 Å². The van der Waals surface area contributed by atoms with Crippen molar-refractivity contribution < 1.29 is 0 Å². The molecule has 0 amide bonds. The van der Waals surface area contributed by atoms with Crippen LogP contribution in [0, 0.1) is 0 Å². The van der Waals surface area contributed by atoms with Crippen molar-refractivity contribution >= 4 is 49.6 Å². The highest BCUT2D eigenvalue weighted by atomic mass is 15.1. The summed E-state index contributed by atoms with van der Waals surface area (Å²) in [5.74, 6) is 0. The second-order valence-corrected chi connectivity index (χ2v) is 17.7. The maximum Gasteiger partial charge on any atom is 0.0543 e. The molecule has 0 saturated heterocycles. The molecule has 0 unspecified atom stereocenters. The summed E-state index contributed by atoms with van der Waals surface area (Å²) in [5.41, 5.74) is 20.0. The first-order valence-electron chi connectivity index (χ1n) is 21.2.